The maximum absolute atomic E-state index is 15.8. The Kier molecular flexibility index (Phi) is 19.7. The molecule has 0 spiro atoms. The standard InChI is InChI=1S/C37H23Cl2FN8O3.C37H24Cl2N8O3.C29H21Cl2FN8O/c1-45-29-10-17(6-8-22(29)35(43-45)48-36(50)20-4-2-3-5-21(20)37(48)51)24-15-27(41-34(24)40)33-26-14-25(26)30-11-18(12-32(49)47(30)33)23-13-19(38)7-9-28(23)46-16-31(39)42-44-46;1-44-30-11-18(6-8-24(30)35(42-44)47-36(49)22-4-2-3-5-23(22)37(47)50)20-10-28(40-16-20)34-27-15-26(27)31-12-19(13-33(48)46(31)34)25-14-21(38)7-9-29(25)45-17-32(39)41-43-45;1-38-23-6-13(2-4-16(23)29(33)36-38)18-11-21(34-28(18)32)27-20-10-19(20)24-7-14(8-26(41)40(24)27)17-9-15(30)3-5-22(17)39-12-25(31)35-37-39/h2-13,16,25-26,33H,14-15H2,1H3;2-9,11-14,16-17,26-27,34H,10,15H2,1H3;2-9,12,19-20,27H,10-11H2,1H3,(H2,33,36)/t25-,26+,33+;26-,27+,34+;19-,20+,27+/m111/s1. The highest BCUT2D eigenvalue weighted by atomic mass is 35.5. The molecular formula is C103H68Cl6F2N24O7. The van der Waals surface area contributed by atoms with Crippen molar-refractivity contribution in [2.24, 2.45) is 53.9 Å². The van der Waals surface area contributed by atoms with Gasteiger partial charge in [0, 0.05) is 176 Å². The Hall–Kier alpha value is -15.7. The van der Waals surface area contributed by atoms with E-state index >= 15 is 8.78 Å². The number of nitrogens with zero attached hydrogens (tertiary/aromatic N) is 23. The van der Waals surface area contributed by atoms with Crippen molar-refractivity contribution in [1.29, 1.82) is 0 Å². The minimum Gasteiger partial charge on any atom is -0.382 e. The lowest BCUT2D eigenvalue weighted by molar-refractivity contribution is 0.0909. The van der Waals surface area contributed by atoms with Crippen LogP contribution in [0.2, 0.25) is 30.5 Å². The highest BCUT2D eigenvalue weighted by molar-refractivity contribution is 6.37. The first-order valence-electron chi connectivity index (χ1n) is 45.4. The van der Waals surface area contributed by atoms with Crippen molar-refractivity contribution in [2.45, 2.75) is 74.4 Å². The average Bonchev–Trinajstić information content (AvgIpc) is 1.58. The number of benzene rings is 8. The molecule has 9 atom stereocenters. The summed E-state index contributed by atoms with van der Waals surface area (Å²) in [6.45, 7) is 0. The van der Waals surface area contributed by atoms with Gasteiger partial charge in [0.2, 0.25) is 11.9 Å². The van der Waals surface area contributed by atoms with Crippen molar-refractivity contribution < 1.29 is 28.0 Å². The second-order valence-corrected chi connectivity index (χ2v) is 39.5. The number of aromatic nitrogens is 18. The van der Waals surface area contributed by atoms with E-state index in [4.69, 9.17) is 80.3 Å². The van der Waals surface area contributed by atoms with Crippen LogP contribution in [0.25, 0.3) is 99.9 Å². The number of imide groups is 2. The van der Waals surface area contributed by atoms with Gasteiger partial charge in [-0.1, -0.05) is 128 Å². The molecule has 11 aliphatic rings. The van der Waals surface area contributed by atoms with Gasteiger partial charge in [0.25, 0.3) is 40.3 Å². The van der Waals surface area contributed by atoms with E-state index in [0.29, 0.717) is 135 Å². The van der Waals surface area contributed by atoms with Gasteiger partial charge in [-0.05, 0) is 209 Å². The molecule has 3 aliphatic carbocycles. The normalized spacial score (nSPS) is 20.5. The quantitative estimate of drug-likeness (QED) is 0.0780. The Morgan fingerprint density at radius 3 is 1.08 bits per heavy atom. The smallest absolute Gasteiger partial charge is 0.267 e. The van der Waals surface area contributed by atoms with Crippen LogP contribution in [0.4, 0.5) is 26.2 Å². The van der Waals surface area contributed by atoms with Crippen LogP contribution >= 0.6 is 69.6 Å². The highest BCUT2D eigenvalue weighted by Crippen LogP contribution is 2.64. The van der Waals surface area contributed by atoms with E-state index in [9.17, 15) is 33.6 Å². The Bertz CT molecular complexity index is 8990. The van der Waals surface area contributed by atoms with Crippen molar-refractivity contribution >= 4 is 177 Å². The second-order valence-electron chi connectivity index (χ2n) is 37.1. The third kappa shape index (κ3) is 13.8. The Morgan fingerprint density at radius 2 is 0.704 bits per heavy atom. The van der Waals surface area contributed by atoms with Gasteiger partial charge < -0.3 is 19.4 Å². The zero-order valence-corrected chi connectivity index (χ0v) is 79.0. The molecule has 142 heavy (non-hydrogen) atoms. The SMILES string of the molecule is Cn1nc(N)c2ccc(C3=C(F)N=C([C@@H]4[C@H]5C[C@H]5c5cc(-c6cc(Cl)ccc6-n6cc(Cl)nn6)cc(=O)n54)C3)cc21.Cn1nc(N2C(=O)c3ccccc3C2=O)c2ccc(C3=C(F)N=C([C@@H]4[C@H]5C[C@H]5c5cc(-c6cc(Cl)ccc6-n6cc(Cl)nn6)cc(=O)n54)C3)cc21.Cn1nc(N2C(=O)c3ccccc3C2=O)c2ccc(C3=CN=C([C@@H]4[C@H]5C[C@H]5c5cc(-c6cc(Cl)ccc6-n6cc(Cl)nn6)cc(=O)n54)C3)cc21. The number of aryl methyl sites for hydroxylation is 3. The van der Waals surface area contributed by atoms with Crippen molar-refractivity contribution in [3.63, 3.8) is 0 Å². The number of fused-ring (bicyclic) bond motifs is 14. The molecule has 0 saturated heterocycles. The van der Waals surface area contributed by atoms with Crippen molar-refractivity contribution in [3.05, 3.63) is 348 Å². The number of allylic oxidation sites excluding steroid dienone is 3. The summed E-state index contributed by atoms with van der Waals surface area (Å²) in [6.07, 6.45) is 10.6. The van der Waals surface area contributed by atoms with Gasteiger partial charge in [-0.25, -0.2) is 33.8 Å². The van der Waals surface area contributed by atoms with E-state index in [1.807, 2.05) is 77.5 Å². The van der Waals surface area contributed by atoms with Gasteiger partial charge in [0.1, 0.15) is 0 Å². The lowest BCUT2D eigenvalue weighted by Gasteiger charge is -2.20. The third-order valence-corrected chi connectivity index (χ3v) is 30.3. The first kappa shape index (κ1) is 86.7. The summed E-state index contributed by atoms with van der Waals surface area (Å²) < 4.78 is 46.2. The van der Waals surface area contributed by atoms with Crippen LogP contribution < -0.4 is 32.2 Å². The first-order chi connectivity index (χ1) is 68.7. The van der Waals surface area contributed by atoms with Crippen LogP contribution in [-0.4, -0.2) is 129 Å². The molecule has 8 aliphatic heterocycles. The average molecular weight is 2000 g/mol. The molecule has 8 aromatic carbocycles. The van der Waals surface area contributed by atoms with Gasteiger partial charge in [0.15, 0.2) is 32.9 Å². The number of amides is 4. The number of rotatable bonds is 14. The molecule has 2 N–H and O–H groups in total. The molecule has 31 nitrogen and oxygen atoms in total. The minimum atomic E-state index is -0.600. The van der Waals surface area contributed by atoms with E-state index in [1.54, 1.807) is 198 Å². The molecule has 4 amide bonds. The van der Waals surface area contributed by atoms with E-state index in [1.165, 1.54) is 0 Å². The van der Waals surface area contributed by atoms with E-state index in [-0.39, 0.29) is 104 Å². The fourth-order valence-electron chi connectivity index (χ4n) is 22.4. The lowest BCUT2D eigenvalue weighted by atomic mass is 9.97. The number of carbonyl (C=O) groups is 4. The minimum absolute atomic E-state index is 0.0922. The fraction of sp³-hybridized carbons (Fsp3) is 0.175. The zero-order chi connectivity index (χ0) is 97.0. The van der Waals surface area contributed by atoms with E-state index in [2.05, 4.69) is 62.3 Å². The Morgan fingerprint density at radius 1 is 0.359 bits per heavy atom. The Balaban J connectivity index is 0.000000110. The molecule has 0 bridgehead atoms. The van der Waals surface area contributed by atoms with Crippen LogP contribution in [0.3, 0.4) is 0 Å². The number of anilines is 3. The highest BCUT2D eigenvalue weighted by Gasteiger charge is 2.58. The number of carbonyl (C=O) groups excluding carboxylic acids is 4. The summed E-state index contributed by atoms with van der Waals surface area (Å²) in [5.74, 6) is -0.507. The molecule has 0 unspecified atom stereocenters. The summed E-state index contributed by atoms with van der Waals surface area (Å²) in [5.41, 5.74) is 24.9. The molecule has 0 radical (unpaired) electrons. The number of halogens is 8. The predicted molar refractivity (Wildman–Crippen MR) is 535 cm³/mol. The monoisotopic (exact) mass is 2000 g/mol. The molecule has 9 aromatic heterocycles. The molecule has 17 aromatic rings. The molecule has 3 fully saturated rings. The second kappa shape index (κ2) is 32.2. The molecule has 28 rings (SSSR count). The number of pyridine rings is 3. The van der Waals surface area contributed by atoms with Crippen molar-refractivity contribution in [1.82, 2.24) is 88.0 Å². The lowest BCUT2D eigenvalue weighted by Crippen LogP contribution is -2.30. The molecule has 17 heterocycles. The van der Waals surface area contributed by atoms with Crippen LogP contribution in [0.1, 0.15) is 150 Å². The number of aliphatic imine (C=N–C) groups is 3. The molecule has 3 saturated carbocycles. The predicted octanol–water partition coefficient (Wildman–Crippen LogP) is 19.3. The fourth-order valence-corrected chi connectivity index (χ4v) is 23.3. The summed E-state index contributed by atoms with van der Waals surface area (Å²) in [6, 6.07) is 56.5. The van der Waals surface area contributed by atoms with Crippen LogP contribution in [0, 0.1) is 17.8 Å². The number of hydrogen-bond acceptors (Lipinski definition) is 20. The topological polar surface area (TPSA) is 349 Å². The van der Waals surface area contributed by atoms with Gasteiger partial charge in [0.05, 0.1) is 92.6 Å². The van der Waals surface area contributed by atoms with Crippen LogP contribution in [-0.2, 0) is 21.1 Å². The third-order valence-electron chi connectivity index (χ3n) is 29.1. The summed E-state index contributed by atoms with van der Waals surface area (Å²) >= 11 is 37.3. The Labute approximate surface area is 830 Å². The number of hydrogen-bond donors (Lipinski definition) is 1. The number of nitrogens with two attached hydrogens (primary N) is 1. The van der Waals surface area contributed by atoms with Gasteiger partial charge >= 0.3 is 0 Å². The van der Waals surface area contributed by atoms with Gasteiger partial charge in [-0.2, -0.15) is 24.1 Å². The first-order valence-corrected chi connectivity index (χ1v) is 47.7. The molecule has 698 valence electrons. The zero-order valence-electron chi connectivity index (χ0n) is 74.5. The summed E-state index contributed by atoms with van der Waals surface area (Å²) in [4.78, 5) is 110. The van der Waals surface area contributed by atoms with Crippen molar-refractivity contribution in [2.75, 3.05) is 15.5 Å². The summed E-state index contributed by atoms with van der Waals surface area (Å²) in [7, 11) is 5.32. The maximum Gasteiger partial charge on any atom is 0.267 e. The number of nitrogen functional groups attached to an aromatic ring is 1. The maximum atomic E-state index is 15.8. The van der Waals surface area contributed by atoms with E-state index in [0.717, 1.165) is 113 Å². The molecule has 39 heteroatoms. The van der Waals surface area contributed by atoms with Gasteiger partial charge in [-0.3, -0.25) is 52.6 Å². The van der Waals surface area contributed by atoms with Crippen LogP contribution in [0.15, 0.2) is 260 Å². The van der Waals surface area contributed by atoms with E-state index < -0.39 is 23.7 Å². The summed E-state index contributed by atoms with van der Waals surface area (Å²) in [5, 5.41) is 41.8. The largest absolute Gasteiger partial charge is 0.382 e. The van der Waals surface area contributed by atoms with Crippen LogP contribution in [0.5, 0.6) is 0 Å². The van der Waals surface area contributed by atoms with Crippen molar-refractivity contribution in [3.8, 4) is 50.4 Å². The van der Waals surface area contributed by atoms with Gasteiger partial charge in [-0.15, -0.1) is 15.3 Å². The molecular weight excluding hydrogens is 1940 g/mol.